The molecule has 2 rings (SSSR count). The van der Waals surface area contributed by atoms with Gasteiger partial charge in [-0.2, -0.15) is 0 Å². The van der Waals surface area contributed by atoms with Crippen LogP contribution in [0.15, 0.2) is 36.5 Å². The Morgan fingerprint density at radius 3 is 2.78 bits per heavy atom. The van der Waals surface area contributed by atoms with Gasteiger partial charge in [0.1, 0.15) is 11.6 Å². The number of nitrogen functional groups attached to an aromatic ring is 1. The summed E-state index contributed by atoms with van der Waals surface area (Å²) in [6.07, 6.45) is 1.49. The van der Waals surface area contributed by atoms with E-state index in [4.69, 9.17) is 5.73 Å². The summed E-state index contributed by atoms with van der Waals surface area (Å²) < 4.78 is 13.6. The number of hydrogen-bond donors (Lipinski definition) is 2. The minimum Gasteiger partial charge on any atom is -0.383 e. The number of nitrogens with two attached hydrogens (primary N) is 1. The zero-order valence-electron chi connectivity index (χ0n) is 9.77. The lowest BCUT2D eigenvalue weighted by Gasteiger charge is -2.10. The molecular formula is C13H12FN3O. The summed E-state index contributed by atoms with van der Waals surface area (Å²) in [6.45, 7) is 1.71. The Labute approximate surface area is 104 Å². The third-order valence-corrected chi connectivity index (χ3v) is 2.54. The van der Waals surface area contributed by atoms with Gasteiger partial charge in [0, 0.05) is 6.20 Å². The van der Waals surface area contributed by atoms with Crippen LogP contribution in [-0.4, -0.2) is 10.9 Å². The van der Waals surface area contributed by atoms with Gasteiger partial charge in [-0.3, -0.25) is 4.79 Å². The fraction of sp³-hybridized carbons (Fsp3) is 0.0769. The molecule has 0 saturated carbocycles. The molecule has 2 aromatic rings. The van der Waals surface area contributed by atoms with Gasteiger partial charge in [0.25, 0.3) is 5.91 Å². The molecule has 0 fully saturated rings. The largest absolute Gasteiger partial charge is 0.383 e. The molecule has 92 valence electrons. The first-order valence-electron chi connectivity index (χ1n) is 5.36. The number of amides is 1. The van der Waals surface area contributed by atoms with Crippen molar-refractivity contribution in [3.63, 3.8) is 0 Å². The Hall–Kier alpha value is -2.43. The van der Waals surface area contributed by atoms with Crippen LogP contribution in [0.4, 0.5) is 15.9 Å². The van der Waals surface area contributed by atoms with Gasteiger partial charge < -0.3 is 11.1 Å². The Kier molecular flexibility index (Phi) is 3.23. The van der Waals surface area contributed by atoms with Gasteiger partial charge in [0.2, 0.25) is 0 Å². The van der Waals surface area contributed by atoms with Crippen molar-refractivity contribution in [1.29, 1.82) is 0 Å². The molecule has 1 aromatic carbocycles. The van der Waals surface area contributed by atoms with E-state index in [1.807, 2.05) is 0 Å². The van der Waals surface area contributed by atoms with Crippen LogP contribution in [0.1, 0.15) is 15.9 Å². The molecule has 1 heterocycles. The quantitative estimate of drug-likeness (QED) is 0.853. The highest BCUT2D eigenvalue weighted by Gasteiger charge is 2.13. The number of benzene rings is 1. The second-order valence-corrected chi connectivity index (χ2v) is 3.82. The standard InChI is InChI=1S/C13H12FN3O/c1-8-4-2-6-10(14)11(8)17-13(18)9-5-3-7-16-12(9)15/h2-7H,1H3,(H2,15,16)(H,17,18). The summed E-state index contributed by atoms with van der Waals surface area (Å²) in [6, 6.07) is 7.71. The van der Waals surface area contributed by atoms with Crippen molar-refractivity contribution in [2.24, 2.45) is 0 Å². The molecule has 0 aliphatic heterocycles. The lowest BCUT2D eigenvalue weighted by atomic mass is 10.1. The van der Waals surface area contributed by atoms with Gasteiger partial charge in [-0.05, 0) is 30.7 Å². The van der Waals surface area contributed by atoms with Crippen LogP contribution in [0, 0.1) is 12.7 Å². The third-order valence-electron chi connectivity index (χ3n) is 2.54. The van der Waals surface area contributed by atoms with Crippen LogP contribution < -0.4 is 11.1 Å². The van der Waals surface area contributed by atoms with Gasteiger partial charge in [-0.1, -0.05) is 12.1 Å². The van der Waals surface area contributed by atoms with E-state index < -0.39 is 11.7 Å². The number of pyridine rings is 1. The SMILES string of the molecule is Cc1cccc(F)c1NC(=O)c1cccnc1N. The van der Waals surface area contributed by atoms with E-state index in [-0.39, 0.29) is 17.1 Å². The normalized spacial score (nSPS) is 10.1. The third kappa shape index (κ3) is 2.29. The predicted molar refractivity (Wildman–Crippen MR) is 67.7 cm³/mol. The fourth-order valence-electron chi connectivity index (χ4n) is 1.58. The minimum absolute atomic E-state index is 0.115. The zero-order valence-corrected chi connectivity index (χ0v) is 9.77. The van der Waals surface area contributed by atoms with Crippen molar-refractivity contribution in [3.8, 4) is 0 Å². The molecule has 0 radical (unpaired) electrons. The van der Waals surface area contributed by atoms with Crippen LogP contribution in [0.3, 0.4) is 0 Å². The van der Waals surface area contributed by atoms with E-state index in [1.165, 1.54) is 18.3 Å². The Bertz CT molecular complexity index is 578. The number of aromatic nitrogens is 1. The summed E-state index contributed by atoms with van der Waals surface area (Å²) in [5, 5.41) is 2.50. The van der Waals surface area contributed by atoms with Gasteiger partial charge in [0.15, 0.2) is 0 Å². The number of rotatable bonds is 2. The molecule has 3 N–H and O–H groups in total. The van der Waals surface area contributed by atoms with Crippen LogP contribution in [-0.2, 0) is 0 Å². The van der Waals surface area contributed by atoms with Crippen LogP contribution in [0.5, 0.6) is 0 Å². The fourth-order valence-corrected chi connectivity index (χ4v) is 1.58. The summed E-state index contributed by atoms with van der Waals surface area (Å²) >= 11 is 0. The van der Waals surface area contributed by atoms with Gasteiger partial charge >= 0.3 is 0 Å². The summed E-state index contributed by atoms with van der Waals surface area (Å²) in [4.78, 5) is 15.8. The first-order valence-corrected chi connectivity index (χ1v) is 5.36. The molecule has 1 amide bonds. The second kappa shape index (κ2) is 4.83. The molecular weight excluding hydrogens is 233 g/mol. The monoisotopic (exact) mass is 245 g/mol. The summed E-state index contributed by atoms with van der Waals surface area (Å²) in [7, 11) is 0. The first kappa shape index (κ1) is 12.0. The zero-order chi connectivity index (χ0) is 13.1. The molecule has 0 atom stereocenters. The molecule has 1 aromatic heterocycles. The van der Waals surface area contributed by atoms with Crippen molar-refractivity contribution >= 4 is 17.4 Å². The van der Waals surface area contributed by atoms with Crippen molar-refractivity contribution in [2.75, 3.05) is 11.1 Å². The smallest absolute Gasteiger partial charge is 0.259 e. The number of nitrogens with one attached hydrogen (secondary N) is 1. The van der Waals surface area contributed by atoms with Crippen molar-refractivity contribution in [3.05, 3.63) is 53.5 Å². The number of carbonyl (C=O) groups excluding carboxylic acids is 1. The highest BCUT2D eigenvalue weighted by molar-refractivity contribution is 6.07. The minimum atomic E-state index is -0.481. The molecule has 0 unspecified atom stereocenters. The van der Waals surface area contributed by atoms with Crippen LogP contribution in [0.25, 0.3) is 0 Å². The molecule has 18 heavy (non-hydrogen) atoms. The van der Waals surface area contributed by atoms with Crippen LogP contribution >= 0.6 is 0 Å². The van der Waals surface area contributed by atoms with E-state index in [0.717, 1.165) is 0 Å². The molecule has 0 aliphatic carbocycles. The topological polar surface area (TPSA) is 68.0 Å². The van der Waals surface area contributed by atoms with Gasteiger partial charge in [-0.15, -0.1) is 0 Å². The maximum atomic E-state index is 13.6. The first-order chi connectivity index (χ1) is 8.59. The number of hydrogen-bond acceptors (Lipinski definition) is 3. The van der Waals surface area contributed by atoms with E-state index >= 15 is 0 Å². The number of carbonyl (C=O) groups is 1. The van der Waals surface area contributed by atoms with E-state index in [1.54, 1.807) is 25.1 Å². The Morgan fingerprint density at radius 2 is 2.11 bits per heavy atom. The Balaban J connectivity index is 2.30. The number of anilines is 2. The molecule has 0 aliphatic rings. The molecule has 5 heteroatoms. The number of aryl methyl sites for hydroxylation is 1. The second-order valence-electron chi connectivity index (χ2n) is 3.82. The average Bonchev–Trinajstić information content (AvgIpc) is 2.34. The average molecular weight is 245 g/mol. The summed E-state index contributed by atoms with van der Waals surface area (Å²) in [5.41, 5.74) is 6.61. The van der Waals surface area contributed by atoms with Crippen molar-refractivity contribution < 1.29 is 9.18 Å². The molecule has 4 nitrogen and oxygen atoms in total. The van der Waals surface area contributed by atoms with Crippen LogP contribution in [0.2, 0.25) is 0 Å². The van der Waals surface area contributed by atoms with Crippen molar-refractivity contribution in [1.82, 2.24) is 4.98 Å². The molecule has 0 bridgehead atoms. The lowest BCUT2D eigenvalue weighted by molar-refractivity contribution is 0.102. The number of halogens is 1. The van der Waals surface area contributed by atoms with Gasteiger partial charge in [-0.25, -0.2) is 9.37 Å². The van der Waals surface area contributed by atoms with E-state index in [0.29, 0.717) is 5.56 Å². The summed E-state index contributed by atoms with van der Waals surface area (Å²) in [5.74, 6) is -0.844. The lowest BCUT2D eigenvalue weighted by Crippen LogP contribution is -2.16. The highest BCUT2D eigenvalue weighted by atomic mass is 19.1. The molecule has 0 saturated heterocycles. The van der Waals surface area contributed by atoms with E-state index in [2.05, 4.69) is 10.3 Å². The highest BCUT2D eigenvalue weighted by Crippen LogP contribution is 2.20. The van der Waals surface area contributed by atoms with Gasteiger partial charge in [0.05, 0.1) is 11.3 Å². The maximum Gasteiger partial charge on any atom is 0.259 e. The van der Waals surface area contributed by atoms with E-state index in [9.17, 15) is 9.18 Å². The Morgan fingerprint density at radius 1 is 1.33 bits per heavy atom. The molecule has 0 spiro atoms. The predicted octanol–water partition coefficient (Wildman–Crippen LogP) is 2.36. The van der Waals surface area contributed by atoms with Crippen molar-refractivity contribution in [2.45, 2.75) is 6.92 Å². The maximum absolute atomic E-state index is 13.6. The number of para-hydroxylation sites is 1. The number of nitrogens with zero attached hydrogens (tertiary/aromatic N) is 1.